The van der Waals surface area contributed by atoms with Crippen molar-refractivity contribution in [2.24, 2.45) is 0 Å². The topological polar surface area (TPSA) is 32.8 Å². The molecule has 4 atom stereocenters. The van der Waals surface area contributed by atoms with Crippen molar-refractivity contribution in [1.29, 1.82) is 0 Å². The van der Waals surface area contributed by atoms with Crippen LogP contribution in [0.4, 0.5) is 5.69 Å². The molecule has 0 N–H and O–H groups in total. The zero-order valence-electron chi connectivity index (χ0n) is 22.0. The third kappa shape index (κ3) is 4.34. The van der Waals surface area contributed by atoms with Gasteiger partial charge in [-0.25, -0.2) is 5.06 Å². The van der Waals surface area contributed by atoms with Crippen molar-refractivity contribution >= 4 is 11.5 Å². The summed E-state index contributed by atoms with van der Waals surface area (Å²) in [5, 5.41) is 2.01. The third-order valence-electron chi connectivity index (χ3n) is 8.29. The van der Waals surface area contributed by atoms with Gasteiger partial charge in [-0.15, -0.1) is 0 Å². The fraction of sp³-hybridized carbons (Fsp3) is 0.265. The SMILES string of the molecule is Cc1ccc([C@H]2[C@H](c3ccccc3)N(c3ccccc3)OC23CN(C(C)c2ccccc2)CCC3=O)cc1. The first kappa shape index (κ1) is 24.6. The highest BCUT2D eigenvalue weighted by Crippen LogP contribution is 2.55. The zero-order chi connectivity index (χ0) is 26.1. The second kappa shape index (κ2) is 10.2. The molecule has 2 heterocycles. The third-order valence-corrected chi connectivity index (χ3v) is 8.29. The van der Waals surface area contributed by atoms with Crippen LogP contribution >= 0.6 is 0 Å². The Morgan fingerprint density at radius 3 is 2.05 bits per heavy atom. The molecule has 2 aliphatic rings. The van der Waals surface area contributed by atoms with E-state index in [1.807, 2.05) is 35.4 Å². The molecular formula is C34H34N2O2. The van der Waals surface area contributed by atoms with Crippen LogP contribution in [0.2, 0.25) is 0 Å². The summed E-state index contributed by atoms with van der Waals surface area (Å²) >= 11 is 0. The summed E-state index contributed by atoms with van der Waals surface area (Å²) in [7, 11) is 0. The number of hydrogen-bond acceptors (Lipinski definition) is 4. The maximum Gasteiger partial charge on any atom is 0.176 e. The van der Waals surface area contributed by atoms with E-state index >= 15 is 0 Å². The minimum Gasteiger partial charge on any atom is -0.296 e. The van der Waals surface area contributed by atoms with Gasteiger partial charge < -0.3 is 0 Å². The van der Waals surface area contributed by atoms with Crippen molar-refractivity contribution in [2.45, 2.75) is 43.9 Å². The normalized spacial score (nSPS) is 24.6. The van der Waals surface area contributed by atoms with Crippen LogP contribution in [0.3, 0.4) is 0 Å². The first-order chi connectivity index (χ1) is 18.6. The fourth-order valence-corrected chi connectivity index (χ4v) is 6.22. The van der Waals surface area contributed by atoms with Crippen LogP contribution < -0.4 is 5.06 Å². The predicted octanol–water partition coefficient (Wildman–Crippen LogP) is 7.05. The molecule has 2 fully saturated rings. The van der Waals surface area contributed by atoms with Crippen LogP contribution in [0, 0.1) is 6.92 Å². The van der Waals surface area contributed by atoms with Crippen LogP contribution in [0.5, 0.6) is 0 Å². The number of hydrogen-bond donors (Lipinski definition) is 0. The molecule has 0 amide bonds. The smallest absolute Gasteiger partial charge is 0.176 e. The average Bonchev–Trinajstić information content (AvgIpc) is 3.31. The Morgan fingerprint density at radius 1 is 0.789 bits per heavy atom. The van der Waals surface area contributed by atoms with E-state index in [1.165, 1.54) is 11.1 Å². The maximum absolute atomic E-state index is 14.1. The van der Waals surface area contributed by atoms with E-state index in [-0.39, 0.29) is 23.8 Å². The summed E-state index contributed by atoms with van der Waals surface area (Å²) < 4.78 is 0. The molecule has 0 aromatic heterocycles. The summed E-state index contributed by atoms with van der Waals surface area (Å²) in [6.45, 7) is 5.60. The summed E-state index contributed by atoms with van der Waals surface area (Å²) in [5.74, 6) is 0.00271. The van der Waals surface area contributed by atoms with Gasteiger partial charge in [-0.05, 0) is 42.7 Å². The van der Waals surface area contributed by atoms with Gasteiger partial charge >= 0.3 is 0 Å². The minimum atomic E-state index is -1.01. The summed E-state index contributed by atoms with van der Waals surface area (Å²) in [6, 6.07) is 39.9. The Morgan fingerprint density at radius 2 is 1.39 bits per heavy atom. The lowest BCUT2D eigenvalue weighted by Crippen LogP contribution is -2.58. The molecule has 2 saturated heterocycles. The van der Waals surface area contributed by atoms with Gasteiger partial charge in [0.25, 0.3) is 0 Å². The largest absolute Gasteiger partial charge is 0.296 e. The van der Waals surface area contributed by atoms with E-state index in [1.54, 1.807) is 0 Å². The lowest BCUT2D eigenvalue weighted by molar-refractivity contribution is -0.151. The van der Waals surface area contributed by atoms with Crippen molar-refractivity contribution in [3.05, 3.63) is 138 Å². The predicted molar refractivity (Wildman–Crippen MR) is 152 cm³/mol. The Labute approximate surface area is 225 Å². The molecule has 6 rings (SSSR count). The monoisotopic (exact) mass is 502 g/mol. The lowest BCUT2D eigenvalue weighted by atomic mass is 9.71. The Bertz CT molecular complexity index is 1370. The molecule has 2 aliphatic heterocycles. The Hall–Kier alpha value is -3.73. The fourth-order valence-electron chi connectivity index (χ4n) is 6.22. The number of piperidine rings is 1. The van der Waals surface area contributed by atoms with E-state index in [2.05, 4.69) is 104 Å². The van der Waals surface area contributed by atoms with E-state index in [9.17, 15) is 4.79 Å². The second-order valence-corrected chi connectivity index (χ2v) is 10.6. The molecule has 0 aliphatic carbocycles. The van der Waals surface area contributed by atoms with Crippen molar-refractivity contribution in [3.63, 3.8) is 0 Å². The molecule has 38 heavy (non-hydrogen) atoms. The number of anilines is 1. The van der Waals surface area contributed by atoms with Gasteiger partial charge in [0.05, 0.1) is 17.6 Å². The molecular weight excluding hydrogens is 468 g/mol. The first-order valence-corrected chi connectivity index (χ1v) is 13.5. The number of nitrogens with zero attached hydrogens (tertiary/aromatic N) is 2. The summed E-state index contributed by atoms with van der Waals surface area (Å²) in [4.78, 5) is 23.6. The molecule has 4 heteroatoms. The van der Waals surface area contributed by atoms with Gasteiger partial charge in [0.15, 0.2) is 11.4 Å². The van der Waals surface area contributed by atoms with E-state index in [4.69, 9.17) is 4.84 Å². The van der Waals surface area contributed by atoms with E-state index in [0.717, 1.165) is 23.4 Å². The van der Waals surface area contributed by atoms with Gasteiger partial charge in [-0.3, -0.25) is 14.5 Å². The lowest BCUT2D eigenvalue weighted by Gasteiger charge is -2.43. The van der Waals surface area contributed by atoms with Crippen LogP contribution in [0.15, 0.2) is 115 Å². The number of likely N-dealkylation sites (tertiary alicyclic amines) is 1. The van der Waals surface area contributed by atoms with Crippen LogP contribution in [0.1, 0.15) is 53.6 Å². The number of Topliss-reactive ketones (excluding diaryl/α,β-unsaturated/α-hetero) is 1. The highest BCUT2D eigenvalue weighted by molar-refractivity contribution is 5.91. The highest BCUT2D eigenvalue weighted by atomic mass is 16.7. The van der Waals surface area contributed by atoms with Crippen LogP contribution in [-0.4, -0.2) is 29.4 Å². The molecule has 0 bridgehead atoms. The molecule has 2 unspecified atom stereocenters. The van der Waals surface area contributed by atoms with Crippen molar-refractivity contribution < 1.29 is 9.63 Å². The zero-order valence-corrected chi connectivity index (χ0v) is 22.0. The Balaban J connectivity index is 1.51. The van der Waals surface area contributed by atoms with Gasteiger partial charge in [0, 0.05) is 25.6 Å². The number of hydroxylamine groups is 1. The minimum absolute atomic E-state index is 0.155. The van der Waals surface area contributed by atoms with Gasteiger partial charge in [-0.2, -0.15) is 0 Å². The number of benzene rings is 4. The Kier molecular flexibility index (Phi) is 6.61. The number of carbonyl (C=O) groups is 1. The van der Waals surface area contributed by atoms with Crippen LogP contribution in [-0.2, 0) is 9.63 Å². The molecule has 0 radical (unpaired) electrons. The van der Waals surface area contributed by atoms with E-state index in [0.29, 0.717) is 13.0 Å². The van der Waals surface area contributed by atoms with Gasteiger partial charge in [0.1, 0.15) is 0 Å². The highest BCUT2D eigenvalue weighted by Gasteiger charge is 2.61. The molecule has 1 spiro atoms. The molecule has 4 aromatic rings. The maximum atomic E-state index is 14.1. The first-order valence-electron chi connectivity index (χ1n) is 13.5. The number of para-hydroxylation sites is 1. The van der Waals surface area contributed by atoms with Crippen molar-refractivity contribution in [2.75, 3.05) is 18.2 Å². The van der Waals surface area contributed by atoms with Gasteiger partial charge in [-0.1, -0.05) is 109 Å². The summed E-state index contributed by atoms with van der Waals surface area (Å²) in [5.41, 5.74) is 4.67. The quantitative estimate of drug-likeness (QED) is 0.293. The summed E-state index contributed by atoms with van der Waals surface area (Å²) in [6.07, 6.45) is 0.462. The molecule has 0 saturated carbocycles. The van der Waals surface area contributed by atoms with Crippen molar-refractivity contribution in [3.8, 4) is 0 Å². The average molecular weight is 503 g/mol. The van der Waals surface area contributed by atoms with E-state index < -0.39 is 5.60 Å². The molecule has 4 nitrogen and oxygen atoms in total. The van der Waals surface area contributed by atoms with Crippen LogP contribution in [0.25, 0.3) is 0 Å². The molecule has 4 aromatic carbocycles. The number of aryl methyl sites for hydroxylation is 1. The second-order valence-electron chi connectivity index (χ2n) is 10.6. The van der Waals surface area contributed by atoms with Gasteiger partial charge in [0.2, 0.25) is 0 Å². The number of ketones is 1. The molecule has 192 valence electrons. The number of rotatable bonds is 5. The number of carbonyl (C=O) groups excluding carboxylic acids is 1. The van der Waals surface area contributed by atoms with Crippen molar-refractivity contribution in [1.82, 2.24) is 4.90 Å². The standard InChI is InChI=1S/C34H34N2O2/c1-25-18-20-28(21-19-25)32-33(29-14-8-4-9-15-29)36(30-16-10-5-11-17-30)38-34(32)24-35(23-22-31(34)37)26(2)27-12-6-3-7-13-27/h3-21,26,32-33H,22-24H2,1-2H3/t26?,32-,33-,34?/m0/s1.